The highest BCUT2D eigenvalue weighted by Crippen LogP contribution is 2.36. The third-order valence-corrected chi connectivity index (χ3v) is 4.03. The number of rotatable bonds is 4. The molecule has 1 heterocycles. The van der Waals surface area contributed by atoms with Crippen LogP contribution in [0.2, 0.25) is 0 Å². The first kappa shape index (κ1) is 14.6. The number of aliphatic hydroxyl groups is 1. The van der Waals surface area contributed by atoms with Crippen LogP contribution < -0.4 is 10.1 Å². The van der Waals surface area contributed by atoms with Gasteiger partial charge in [0.1, 0.15) is 18.5 Å². The summed E-state index contributed by atoms with van der Waals surface area (Å²) in [4.78, 5) is 11.8. The average Bonchev–Trinajstić information content (AvgIpc) is 2.82. The summed E-state index contributed by atoms with van der Waals surface area (Å²) in [6.07, 6.45) is -0.730. The number of aryl methyl sites for hydroxylation is 1. The number of anilines is 1. The van der Waals surface area contributed by atoms with Gasteiger partial charge in [-0.2, -0.15) is 0 Å². The van der Waals surface area contributed by atoms with Gasteiger partial charge in [-0.15, -0.1) is 0 Å². The molecule has 1 aliphatic rings. The van der Waals surface area contributed by atoms with Gasteiger partial charge in [0.25, 0.3) is 0 Å². The smallest absolute Gasteiger partial charge is 0.231 e. The van der Waals surface area contributed by atoms with Gasteiger partial charge in [-0.3, -0.25) is 4.79 Å². The highest BCUT2D eigenvalue weighted by molar-refractivity contribution is 6.03. The molecule has 2 aromatic rings. The average molecular weight is 297 g/mol. The molecule has 4 nitrogen and oxygen atoms in total. The van der Waals surface area contributed by atoms with E-state index in [0.29, 0.717) is 0 Å². The molecule has 0 aromatic heterocycles. The van der Waals surface area contributed by atoms with Crippen LogP contribution in [0.3, 0.4) is 0 Å². The van der Waals surface area contributed by atoms with Gasteiger partial charge in [-0.05, 0) is 42.7 Å². The molecule has 2 aromatic carbocycles. The van der Waals surface area contributed by atoms with Crippen molar-refractivity contribution < 1.29 is 14.6 Å². The number of benzene rings is 2. The van der Waals surface area contributed by atoms with E-state index < -0.39 is 6.10 Å². The molecule has 1 amide bonds. The van der Waals surface area contributed by atoms with Gasteiger partial charge in [0.05, 0.1) is 5.92 Å². The number of para-hydroxylation sites is 1. The maximum absolute atomic E-state index is 11.8. The monoisotopic (exact) mass is 297 g/mol. The molecule has 2 unspecified atom stereocenters. The molecule has 0 aliphatic carbocycles. The Hall–Kier alpha value is -2.33. The van der Waals surface area contributed by atoms with Gasteiger partial charge >= 0.3 is 0 Å². The molecule has 0 radical (unpaired) electrons. The van der Waals surface area contributed by atoms with Gasteiger partial charge < -0.3 is 15.2 Å². The van der Waals surface area contributed by atoms with Crippen molar-refractivity contribution in [3.63, 3.8) is 0 Å². The van der Waals surface area contributed by atoms with Crippen LogP contribution in [0.15, 0.2) is 42.5 Å². The van der Waals surface area contributed by atoms with Crippen LogP contribution in [0.1, 0.15) is 35.6 Å². The summed E-state index contributed by atoms with van der Waals surface area (Å²) >= 11 is 0. The van der Waals surface area contributed by atoms with Crippen LogP contribution >= 0.6 is 0 Å². The largest absolute Gasteiger partial charge is 0.491 e. The predicted octanol–water partition coefficient (Wildman–Crippen LogP) is 3.16. The number of carbonyl (C=O) groups is 1. The summed E-state index contributed by atoms with van der Waals surface area (Å²) in [6, 6.07) is 13.2. The van der Waals surface area contributed by atoms with Crippen molar-refractivity contribution in [3.8, 4) is 5.75 Å². The molecule has 0 saturated carbocycles. The lowest BCUT2D eigenvalue weighted by atomic mass is 9.96. The van der Waals surface area contributed by atoms with Gasteiger partial charge in [0, 0.05) is 5.69 Å². The zero-order valence-electron chi connectivity index (χ0n) is 12.7. The van der Waals surface area contributed by atoms with E-state index in [4.69, 9.17) is 4.74 Å². The fourth-order valence-electron chi connectivity index (χ4n) is 2.71. The van der Waals surface area contributed by atoms with Crippen LogP contribution in [0.25, 0.3) is 0 Å². The summed E-state index contributed by atoms with van der Waals surface area (Å²) in [5.74, 6) is 0.547. The molecule has 114 valence electrons. The lowest BCUT2D eigenvalue weighted by molar-refractivity contribution is -0.116. The summed E-state index contributed by atoms with van der Waals surface area (Å²) in [7, 11) is 0. The van der Waals surface area contributed by atoms with Crippen molar-refractivity contribution in [2.75, 3.05) is 11.9 Å². The van der Waals surface area contributed by atoms with Crippen molar-refractivity contribution >= 4 is 11.6 Å². The molecular weight excluding hydrogens is 278 g/mol. The number of hydrogen-bond acceptors (Lipinski definition) is 3. The third-order valence-electron chi connectivity index (χ3n) is 4.03. The Kier molecular flexibility index (Phi) is 3.86. The number of nitrogens with one attached hydrogen (secondary N) is 1. The SMILES string of the molecule is Cc1cc(C(O)COc2ccccc2)cc2c1NC(=O)C2C. The van der Waals surface area contributed by atoms with Gasteiger partial charge in [-0.25, -0.2) is 0 Å². The minimum absolute atomic E-state index is 0.00488. The fourth-order valence-corrected chi connectivity index (χ4v) is 2.71. The Morgan fingerprint density at radius 3 is 2.73 bits per heavy atom. The second-order valence-electron chi connectivity index (χ2n) is 5.65. The maximum Gasteiger partial charge on any atom is 0.231 e. The third kappa shape index (κ3) is 2.70. The van der Waals surface area contributed by atoms with Crippen molar-refractivity contribution in [1.82, 2.24) is 0 Å². The molecular formula is C18H19NO3. The second kappa shape index (κ2) is 5.81. The Morgan fingerprint density at radius 1 is 1.27 bits per heavy atom. The second-order valence-corrected chi connectivity index (χ2v) is 5.65. The predicted molar refractivity (Wildman–Crippen MR) is 85.1 cm³/mol. The zero-order chi connectivity index (χ0) is 15.7. The van der Waals surface area contributed by atoms with E-state index in [-0.39, 0.29) is 18.4 Å². The first-order valence-electron chi connectivity index (χ1n) is 7.37. The molecule has 0 saturated heterocycles. The normalized spacial score (nSPS) is 17.8. The molecule has 0 bridgehead atoms. The molecule has 0 fully saturated rings. The molecule has 1 aliphatic heterocycles. The minimum atomic E-state index is -0.730. The van der Waals surface area contributed by atoms with Gasteiger partial charge in [-0.1, -0.05) is 30.3 Å². The number of carbonyl (C=O) groups excluding carboxylic acids is 1. The highest BCUT2D eigenvalue weighted by Gasteiger charge is 2.29. The summed E-state index contributed by atoms with van der Waals surface area (Å²) in [5.41, 5.74) is 3.55. The van der Waals surface area contributed by atoms with Crippen molar-refractivity contribution in [3.05, 3.63) is 59.2 Å². The van der Waals surface area contributed by atoms with E-state index in [9.17, 15) is 9.90 Å². The maximum atomic E-state index is 11.8. The number of hydrogen-bond donors (Lipinski definition) is 2. The van der Waals surface area contributed by atoms with E-state index in [2.05, 4.69) is 5.32 Å². The van der Waals surface area contributed by atoms with E-state index in [1.54, 1.807) is 0 Å². The minimum Gasteiger partial charge on any atom is -0.491 e. The summed E-state index contributed by atoms with van der Waals surface area (Å²) in [6.45, 7) is 3.99. The van der Waals surface area contributed by atoms with Gasteiger partial charge in [0.2, 0.25) is 5.91 Å². The lowest BCUT2D eigenvalue weighted by Gasteiger charge is -2.15. The van der Waals surface area contributed by atoms with E-state index in [1.807, 2.05) is 56.3 Å². The number of ether oxygens (including phenoxy) is 1. The first-order chi connectivity index (χ1) is 10.6. The van der Waals surface area contributed by atoms with Crippen LogP contribution in [-0.4, -0.2) is 17.6 Å². The Bertz CT molecular complexity index is 697. The summed E-state index contributed by atoms with van der Waals surface area (Å²) < 4.78 is 5.60. The molecule has 22 heavy (non-hydrogen) atoms. The van der Waals surface area contributed by atoms with Crippen molar-refractivity contribution in [1.29, 1.82) is 0 Å². The quantitative estimate of drug-likeness (QED) is 0.911. The van der Waals surface area contributed by atoms with E-state index in [1.165, 1.54) is 0 Å². The fraction of sp³-hybridized carbons (Fsp3) is 0.278. The topological polar surface area (TPSA) is 58.6 Å². The Labute approximate surface area is 129 Å². The highest BCUT2D eigenvalue weighted by atomic mass is 16.5. The van der Waals surface area contributed by atoms with Crippen LogP contribution in [0.4, 0.5) is 5.69 Å². The molecule has 2 atom stereocenters. The Balaban J connectivity index is 1.78. The summed E-state index contributed by atoms with van der Waals surface area (Å²) in [5, 5.41) is 13.2. The Morgan fingerprint density at radius 2 is 2.00 bits per heavy atom. The number of aliphatic hydroxyl groups excluding tert-OH is 1. The zero-order valence-corrected chi connectivity index (χ0v) is 12.7. The molecule has 3 rings (SSSR count). The van der Waals surface area contributed by atoms with Crippen molar-refractivity contribution in [2.45, 2.75) is 25.9 Å². The van der Waals surface area contributed by atoms with Crippen LogP contribution in [0, 0.1) is 6.92 Å². The lowest BCUT2D eigenvalue weighted by Crippen LogP contribution is -2.10. The number of fused-ring (bicyclic) bond motifs is 1. The molecule has 4 heteroatoms. The van der Waals surface area contributed by atoms with Crippen LogP contribution in [0.5, 0.6) is 5.75 Å². The van der Waals surface area contributed by atoms with Crippen LogP contribution in [-0.2, 0) is 4.79 Å². The first-order valence-corrected chi connectivity index (χ1v) is 7.37. The molecule has 2 N–H and O–H groups in total. The van der Waals surface area contributed by atoms with E-state index >= 15 is 0 Å². The van der Waals surface area contributed by atoms with Crippen molar-refractivity contribution in [2.24, 2.45) is 0 Å². The standard InChI is InChI=1S/C18H19NO3/c1-11-8-13(9-15-12(2)18(21)19-17(11)15)16(20)10-22-14-6-4-3-5-7-14/h3-9,12,16,20H,10H2,1-2H3,(H,19,21). The van der Waals surface area contributed by atoms with E-state index in [0.717, 1.165) is 28.1 Å². The van der Waals surface area contributed by atoms with Gasteiger partial charge in [0.15, 0.2) is 0 Å². The molecule has 0 spiro atoms. The number of amides is 1.